The topological polar surface area (TPSA) is 272 Å². The molecule has 22 heteroatoms. The average molecular weight is 1430 g/mol. The van der Waals surface area contributed by atoms with E-state index in [4.69, 9.17) is 42.6 Å². The Morgan fingerprint density at radius 2 is 1.34 bits per heavy atom. The third-order valence-electron chi connectivity index (χ3n) is 17.9. The quantitative estimate of drug-likeness (QED) is 0.0230. The number of fused-ring (bicyclic) bond motifs is 3. The highest BCUT2D eigenvalue weighted by molar-refractivity contribution is 6.39. The van der Waals surface area contributed by atoms with Crippen LogP contribution in [0.5, 0.6) is 0 Å². The monoisotopic (exact) mass is 1430 g/mol. The number of ketones is 3. The number of hydrogen-bond donors (Lipinski definition) is 7. The predicted octanol–water partition coefficient (Wildman–Crippen LogP) is 10.9. The van der Waals surface area contributed by atoms with Crippen molar-refractivity contribution in [1.29, 1.82) is 0 Å². The van der Waals surface area contributed by atoms with Crippen LogP contribution in [-0.4, -0.2) is 241 Å². The Balaban J connectivity index is -0.000000559. The van der Waals surface area contributed by atoms with Gasteiger partial charge in [-0.2, -0.15) is 0 Å². The minimum Gasteiger partial charge on any atom is -0.460 e. The van der Waals surface area contributed by atoms with Gasteiger partial charge in [0.2, 0.25) is 5.79 Å². The van der Waals surface area contributed by atoms with E-state index in [0.717, 1.165) is 70.8 Å². The fraction of sp³-hybridized carbons (Fsp3) is 0.833. The summed E-state index contributed by atoms with van der Waals surface area (Å²) >= 11 is 0. The summed E-state index contributed by atoms with van der Waals surface area (Å²) in [6.45, 7) is 30.8. The van der Waals surface area contributed by atoms with Gasteiger partial charge in [0.1, 0.15) is 30.1 Å². The molecule has 2 saturated heterocycles. The molecule has 4 aliphatic rings. The van der Waals surface area contributed by atoms with Crippen LogP contribution in [0.25, 0.3) is 0 Å². The van der Waals surface area contributed by atoms with Gasteiger partial charge in [-0.3, -0.25) is 19.2 Å². The number of Topliss-reactive ketones (excluding diaryl/α,β-unsaturated/α-hetero) is 3. The van der Waals surface area contributed by atoms with E-state index in [2.05, 4.69) is 40.4 Å². The van der Waals surface area contributed by atoms with Gasteiger partial charge in [0, 0.05) is 105 Å². The molecular weight excluding hydrogens is 1280 g/mol. The highest BCUT2D eigenvalue weighted by Crippen LogP contribution is 2.38. The van der Waals surface area contributed by atoms with E-state index >= 15 is 0 Å². The number of hydrogen-bond acceptors (Lipinski definition) is 21. The second-order valence-corrected chi connectivity index (χ2v) is 25.7. The molecule has 594 valence electrons. The van der Waals surface area contributed by atoms with Crippen molar-refractivity contribution < 1.29 is 76.8 Å². The Bertz CT molecular complexity index is 2160. The van der Waals surface area contributed by atoms with Gasteiger partial charge in [-0.15, -0.1) is 0 Å². The number of allylic oxidation sites excluding steroid dienone is 6. The molecule has 1 amide bonds. The van der Waals surface area contributed by atoms with Crippen LogP contribution in [0.15, 0.2) is 47.6 Å². The van der Waals surface area contributed by atoms with E-state index < -0.39 is 77.8 Å². The predicted molar refractivity (Wildman–Crippen MR) is 412 cm³/mol. The summed E-state index contributed by atoms with van der Waals surface area (Å²) in [4.78, 5) is 72.2. The molecule has 1 saturated carbocycles. The van der Waals surface area contributed by atoms with Gasteiger partial charge >= 0.3 is 5.97 Å². The third-order valence-corrected chi connectivity index (χ3v) is 17.9. The number of esters is 1. The Labute approximate surface area is 611 Å². The number of aliphatic hydroxyl groups is 2. The van der Waals surface area contributed by atoms with Crippen LogP contribution in [0.1, 0.15) is 196 Å². The lowest BCUT2D eigenvalue weighted by Crippen LogP contribution is -2.61. The Kier molecular flexibility index (Phi) is 69.6. The molecule has 3 heterocycles. The van der Waals surface area contributed by atoms with Crippen molar-refractivity contribution in [2.24, 2.45) is 35.5 Å². The maximum atomic E-state index is 14.5. The van der Waals surface area contributed by atoms with Gasteiger partial charge in [-0.25, -0.2) is 4.79 Å². The van der Waals surface area contributed by atoms with Crippen molar-refractivity contribution in [3.8, 4) is 0 Å². The van der Waals surface area contributed by atoms with Crippen LogP contribution in [0.3, 0.4) is 0 Å². The Morgan fingerprint density at radius 3 is 1.86 bits per heavy atom. The number of nitrogens with one attached hydrogen (secondary N) is 5. The molecule has 0 radical (unpaired) electrons. The Hall–Kier alpha value is -3.69. The van der Waals surface area contributed by atoms with Crippen molar-refractivity contribution in [2.45, 2.75) is 257 Å². The van der Waals surface area contributed by atoms with Crippen LogP contribution in [0, 0.1) is 35.5 Å². The van der Waals surface area contributed by atoms with E-state index in [9.17, 15) is 34.2 Å². The number of carbonyl (C=O) groups excluding carboxylic acids is 5. The lowest BCUT2D eigenvalue weighted by Gasteiger charge is -2.42. The van der Waals surface area contributed by atoms with Gasteiger partial charge in [0.15, 0.2) is 5.78 Å². The summed E-state index contributed by atoms with van der Waals surface area (Å²) in [5, 5.41) is 38.9. The van der Waals surface area contributed by atoms with Gasteiger partial charge in [-0.1, -0.05) is 128 Å². The molecule has 7 N–H and O–H groups in total. The number of nitrogens with zero attached hydrogens (tertiary/aromatic N) is 1. The number of piperidine rings is 1. The number of methoxy groups -OCH3 is 6. The molecule has 0 spiro atoms. The number of carbonyl (C=O) groups is 5. The summed E-state index contributed by atoms with van der Waals surface area (Å²) in [6.07, 6.45) is 14.9. The molecule has 2 unspecified atom stereocenters. The molecule has 3 fully saturated rings. The van der Waals surface area contributed by atoms with Crippen LogP contribution in [-0.2, 0) is 66.6 Å². The van der Waals surface area contributed by atoms with Gasteiger partial charge in [-0.05, 0) is 162 Å². The van der Waals surface area contributed by atoms with E-state index in [1.807, 2.05) is 107 Å². The summed E-state index contributed by atoms with van der Waals surface area (Å²) in [5.74, 6) is -7.59. The Morgan fingerprint density at radius 1 is 0.710 bits per heavy atom. The van der Waals surface area contributed by atoms with E-state index in [0.29, 0.717) is 69.8 Å². The molecule has 0 aromatic carbocycles. The SMILES string of the molecule is C.C.C.C.CC.CCCNC.CCNC1CC[C@@H](C[C@@H](C)[C@@H]2CC(=O)[C@H](C)/C=C(\C)[C@@H](O)[C@@H](OC)C(=O)[C@H](C)C[C@H](C)/C=C/C=C/C=C(\C)[C@@H](OC)C[C@@H]3CC[C@@H](C)[C@@](O)(O3)C(=O)C(=O)N3CCCC[C@H]3C(=O)O2)C[C@H]1OC.CNCC(C)OC.CNCCOC.CNCCOCCOC. The van der Waals surface area contributed by atoms with Crippen molar-refractivity contribution >= 4 is 29.2 Å². The number of cyclic esters (lactones) is 1. The molecule has 1 aliphatic carbocycles. The molecule has 2 bridgehead atoms. The standard InChI is InChI=1S/C53H84N2O12.C6H15NO2.C5H13NO.C4H11NO.C4H11N.C2H6.4CH4/c1-12-54-41-24-22-39(29-46(41)64-10)28-35(5)45-31-43(56)34(4)27-37(7)48(58)49(65-11)47(57)36(6)26-32(2)18-14-13-15-19-33(3)44(63-9)30-40-23-21-38(8)53(62,67-40)50(59)51(60)55-25-17-16-20-42(55)52(61)66-45;1-7-3-4-9-6-5-8-2;1-5(7-3)4-6-2;1-5-3-4-6-2;1-3-4-5-2;1-2;;;;/h13-15,18-19,27,32,34-36,38-42,44-46,48-49,54,58,62H,12,16-17,20-26,28-31H2,1-11H3;7H,3-6H2,1-2H3;5-6H,4H2,1-3H3;5H,3-4H2,1-2H3;5H,3-4H2,1-2H3;1-2H3;4*1H4/b15-13+,18-14+,33-19+,37-27+;;;;;;;;;/t32-,34-,35-,36-,38-,39+,40+,41?,42+,44+,45+,46-,48-,49+,53-;;;;;;;;;/m1........./s1. The molecule has 4 rings (SSSR count). The van der Waals surface area contributed by atoms with Crippen LogP contribution in [0.4, 0.5) is 0 Å². The van der Waals surface area contributed by atoms with E-state index in [1.165, 1.54) is 18.4 Å². The first-order chi connectivity index (χ1) is 45.8. The van der Waals surface area contributed by atoms with Gasteiger partial charge in [0.25, 0.3) is 11.7 Å². The largest absolute Gasteiger partial charge is 0.460 e. The number of ether oxygens (including phenoxy) is 9. The first-order valence-corrected chi connectivity index (χ1v) is 35.7. The maximum absolute atomic E-state index is 14.5. The second kappa shape index (κ2) is 64.9. The number of aliphatic hydroxyl groups excluding tert-OH is 1. The van der Waals surface area contributed by atoms with E-state index in [-0.39, 0.29) is 90.6 Å². The highest BCUT2D eigenvalue weighted by atomic mass is 16.6. The molecule has 3 aliphatic heterocycles. The second-order valence-electron chi connectivity index (χ2n) is 25.7. The molecule has 22 nitrogen and oxygen atoms in total. The fourth-order valence-corrected chi connectivity index (χ4v) is 11.9. The zero-order valence-electron chi connectivity index (χ0n) is 63.9. The first kappa shape index (κ1) is 107. The maximum Gasteiger partial charge on any atom is 0.329 e. The van der Waals surface area contributed by atoms with Crippen molar-refractivity contribution in [3.63, 3.8) is 0 Å². The van der Waals surface area contributed by atoms with Gasteiger partial charge < -0.3 is 84.3 Å². The minimum atomic E-state index is -2.42. The molecular formula is C78H156N6O16. The summed E-state index contributed by atoms with van der Waals surface area (Å²) in [5.41, 5.74) is 1.29. The summed E-state index contributed by atoms with van der Waals surface area (Å²) in [7, 11) is 17.4. The zero-order valence-corrected chi connectivity index (χ0v) is 63.9. The van der Waals surface area contributed by atoms with Crippen LogP contribution >= 0.6 is 0 Å². The van der Waals surface area contributed by atoms with Crippen molar-refractivity contribution in [3.05, 3.63) is 47.6 Å². The number of likely N-dealkylation sites (N-methyl/N-ethyl adjacent to an activating group) is 4. The fourth-order valence-electron chi connectivity index (χ4n) is 11.9. The van der Waals surface area contributed by atoms with Crippen molar-refractivity contribution in [2.75, 3.05) is 137 Å². The van der Waals surface area contributed by atoms with Crippen LogP contribution in [0.2, 0.25) is 0 Å². The number of rotatable bonds is 22. The number of amides is 1. The van der Waals surface area contributed by atoms with Crippen molar-refractivity contribution in [1.82, 2.24) is 31.5 Å². The highest BCUT2D eigenvalue weighted by Gasteiger charge is 2.53. The van der Waals surface area contributed by atoms with Gasteiger partial charge in [0.05, 0.1) is 50.8 Å². The zero-order chi connectivity index (χ0) is 73.2. The molecule has 0 aromatic rings. The van der Waals surface area contributed by atoms with Crippen LogP contribution < -0.4 is 26.6 Å². The van der Waals surface area contributed by atoms with E-state index in [1.54, 1.807) is 62.4 Å². The summed E-state index contributed by atoms with van der Waals surface area (Å²) < 4.78 is 49.4. The third kappa shape index (κ3) is 42.3. The normalized spacial score (nSPS) is 29.4. The molecule has 16 atom stereocenters. The lowest BCUT2D eigenvalue weighted by molar-refractivity contribution is -0.265. The first-order valence-electron chi connectivity index (χ1n) is 35.7. The molecule has 0 aromatic heterocycles. The molecule has 100 heavy (non-hydrogen) atoms. The smallest absolute Gasteiger partial charge is 0.329 e. The summed E-state index contributed by atoms with van der Waals surface area (Å²) in [6, 6.07) is -0.885. The minimum absolute atomic E-state index is 0. The average Bonchev–Trinajstić information content (AvgIpc) is 0.774. The lowest BCUT2D eigenvalue weighted by atomic mass is 9.77.